The van der Waals surface area contributed by atoms with Crippen LogP contribution >= 0.6 is 0 Å². The Bertz CT molecular complexity index is 2830. The minimum absolute atomic E-state index is 0.468. The van der Waals surface area contributed by atoms with Crippen LogP contribution in [0.25, 0.3) is 66.1 Å². The van der Waals surface area contributed by atoms with Crippen molar-refractivity contribution in [1.29, 1.82) is 0 Å². The van der Waals surface area contributed by atoms with Crippen LogP contribution in [0.4, 0.5) is 0 Å². The average Bonchev–Trinajstić information content (AvgIpc) is 3.63. The van der Waals surface area contributed by atoms with Crippen molar-refractivity contribution in [2.75, 3.05) is 0 Å². The molecule has 4 nitrogen and oxygen atoms in total. The summed E-state index contributed by atoms with van der Waals surface area (Å²) in [6.45, 7) is 0. The molecule has 0 amide bonds. The van der Waals surface area contributed by atoms with Gasteiger partial charge >= 0.3 is 0 Å². The number of rotatable bonds is 6. The summed E-state index contributed by atoms with van der Waals surface area (Å²) in [4.78, 5) is 10.6. The molecule has 0 saturated heterocycles. The Hall–Kier alpha value is -7.04. The fraction of sp³-hybridized carbons (Fsp3) is 0.0204. The Morgan fingerprint density at radius 1 is 0.396 bits per heavy atom. The number of aliphatic imine (C=N–C) groups is 2. The summed E-state index contributed by atoms with van der Waals surface area (Å²) in [5.74, 6) is 1.52. The zero-order valence-electron chi connectivity index (χ0n) is 28.8. The second-order valence-electron chi connectivity index (χ2n) is 13.4. The Morgan fingerprint density at radius 3 is 1.77 bits per heavy atom. The topological polar surface area (TPSA) is 49.9 Å². The van der Waals surface area contributed by atoms with E-state index in [4.69, 9.17) is 14.4 Å². The minimum Gasteiger partial charge on any atom is -0.456 e. The maximum absolute atomic E-state index is 6.45. The molecule has 1 aromatic heterocycles. The van der Waals surface area contributed by atoms with Crippen LogP contribution in [-0.4, -0.2) is 11.7 Å². The SMILES string of the molecule is c1ccc(C2=NC(c3ccc(-c4cccc5ccccc45)cc3)N=C(c3c(-c4ccc(-c5ccccc5)cc4)ccc4oc5ccccc5c34)N2)cc1. The maximum Gasteiger partial charge on any atom is 0.169 e. The third-order valence-corrected chi connectivity index (χ3v) is 10.2. The highest BCUT2D eigenvalue weighted by Crippen LogP contribution is 2.39. The molecular formula is C49H33N3O. The van der Waals surface area contributed by atoms with Gasteiger partial charge in [0.25, 0.3) is 0 Å². The van der Waals surface area contributed by atoms with Gasteiger partial charge in [0.15, 0.2) is 6.17 Å². The molecule has 8 aromatic carbocycles. The van der Waals surface area contributed by atoms with Crippen molar-refractivity contribution in [1.82, 2.24) is 5.32 Å². The minimum atomic E-state index is -0.468. The van der Waals surface area contributed by atoms with E-state index in [2.05, 4.69) is 157 Å². The van der Waals surface area contributed by atoms with Crippen molar-refractivity contribution in [2.24, 2.45) is 9.98 Å². The second kappa shape index (κ2) is 12.9. The van der Waals surface area contributed by atoms with Gasteiger partial charge in [0.1, 0.15) is 22.8 Å². The Morgan fingerprint density at radius 2 is 0.981 bits per heavy atom. The fourth-order valence-corrected chi connectivity index (χ4v) is 7.56. The summed E-state index contributed by atoms with van der Waals surface area (Å²) in [6.07, 6.45) is -0.468. The first-order valence-corrected chi connectivity index (χ1v) is 17.9. The predicted molar refractivity (Wildman–Crippen MR) is 219 cm³/mol. The molecule has 1 aliphatic rings. The number of furan rings is 1. The summed E-state index contributed by atoms with van der Waals surface area (Å²) in [6, 6.07) is 65.8. The number of nitrogens with zero attached hydrogens (tertiary/aromatic N) is 2. The maximum atomic E-state index is 6.45. The fourth-order valence-electron chi connectivity index (χ4n) is 7.56. The molecule has 1 unspecified atom stereocenters. The van der Waals surface area contributed by atoms with E-state index >= 15 is 0 Å². The third kappa shape index (κ3) is 5.58. The second-order valence-corrected chi connectivity index (χ2v) is 13.4. The highest BCUT2D eigenvalue weighted by Gasteiger charge is 2.26. The molecular weight excluding hydrogens is 647 g/mol. The number of amidine groups is 2. The van der Waals surface area contributed by atoms with E-state index in [1.54, 1.807) is 0 Å². The van der Waals surface area contributed by atoms with Gasteiger partial charge in [-0.15, -0.1) is 0 Å². The molecule has 0 fully saturated rings. The van der Waals surface area contributed by atoms with Crippen LogP contribution in [0.3, 0.4) is 0 Å². The molecule has 250 valence electrons. The molecule has 0 radical (unpaired) electrons. The molecule has 2 heterocycles. The van der Waals surface area contributed by atoms with Gasteiger partial charge in [-0.1, -0.05) is 170 Å². The average molecular weight is 680 g/mol. The van der Waals surface area contributed by atoms with Gasteiger partial charge in [-0.05, 0) is 67.9 Å². The van der Waals surface area contributed by atoms with Gasteiger partial charge in [0.05, 0.1) is 0 Å². The van der Waals surface area contributed by atoms with E-state index in [-0.39, 0.29) is 0 Å². The summed E-state index contributed by atoms with van der Waals surface area (Å²) >= 11 is 0. The molecule has 0 aliphatic carbocycles. The van der Waals surface area contributed by atoms with Crippen molar-refractivity contribution in [3.8, 4) is 33.4 Å². The van der Waals surface area contributed by atoms with Gasteiger partial charge in [-0.3, -0.25) is 0 Å². The molecule has 0 bridgehead atoms. The van der Waals surface area contributed by atoms with Gasteiger partial charge < -0.3 is 9.73 Å². The van der Waals surface area contributed by atoms with Crippen molar-refractivity contribution < 1.29 is 4.42 Å². The number of benzene rings is 8. The number of hydrogen-bond donors (Lipinski definition) is 1. The molecule has 0 saturated carbocycles. The van der Waals surface area contributed by atoms with Crippen molar-refractivity contribution in [2.45, 2.75) is 6.17 Å². The summed E-state index contributed by atoms with van der Waals surface area (Å²) in [5.41, 5.74) is 11.5. The van der Waals surface area contributed by atoms with Crippen molar-refractivity contribution in [3.63, 3.8) is 0 Å². The number of para-hydroxylation sites is 1. The van der Waals surface area contributed by atoms with Crippen LogP contribution in [0.1, 0.15) is 22.9 Å². The van der Waals surface area contributed by atoms with E-state index in [0.717, 1.165) is 67.0 Å². The third-order valence-electron chi connectivity index (χ3n) is 10.2. The molecule has 1 N–H and O–H groups in total. The van der Waals surface area contributed by atoms with E-state index in [1.165, 1.54) is 27.5 Å². The van der Waals surface area contributed by atoms with Gasteiger partial charge in [0.2, 0.25) is 0 Å². The van der Waals surface area contributed by atoms with Gasteiger partial charge in [0, 0.05) is 21.9 Å². The molecule has 0 spiro atoms. The molecule has 10 rings (SSSR count). The zero-order chi connectivity index (χ0) is 35.1. The lowest BCUT2D eigenvalue weighted by Crippen LogP contribution is -2.36. The normalized spacial score (nSPS) is 14.2. The quantitative estimate of drug-likeness (QED) is 0.190. The van der Waals surface area contributed by atoms with E-state index in [0.29, 0.717) is 0 Å². The predicted octanol–water partition coefficient (Wildman–Crippen LogP) is 12.2. The standard InChI is InChI=1S/C49H33N3O/c1-3-12-32(13-4-1)33-22-24-36(25-23-33)41-30-31-44-45(42-19-9-10-21-43(42)53-44)46(41)49-51-47(37-15-5-2-6-16-37)50-48(52-49)38-28-26-35(27-29-38)40-20-11-17-34-14-7-8-18-39(34)40/h1-31,48H,(H,50,51,52). The van der Waals surface area contributed by atoms with E-state index in [1.807, 2.05) is 36.4 Å². The van der Waals surface area contributed by atoms with E-state index in [9.17, 15) is 0 Å². The van der Waals surface area contributed by atoms with E-state index < -0.39 is 6.17 Å². The van der Waals surface area contributed by atoms with Crippen LogP contribution in [-0.2, 0) is 0 Å². The monoisotopic (exact) mass is 679 g/mol. The number of hydrogen-bond acceptors (Lipinski definition) is 4. The zero-order valence-corrected chi connectivity index (χ0v) is 28.8. The van der Waals surface area contributed by atoms with Crippen LogP contribution in [0, 0.1) is 0 Å². The molecule has 1 aliphatic heterocycles. The Labute approximate surface area is 307 Å². The lowest BCUT2D eigenvalue weighted by molar-refractivity contribution is 0.669. The Kier molecular flexibility index (Phi) is 7.51. The lowest BCUT2D eigenvalue weighted by Gasteiger charge is -2.24. The summed E-state index contributed by atoms with van der Waals surface area (Å²) in [7, 11) is 0. The summed E-state index contributed by atoms with van der Waals surface area (Å²) < 4.78 is 6.45. The largest absolute Gasteiger partial charge is 0.456 e. The van der Waals surface area contributed by atoms with Crippen molar-refractivity contribution >= 4 is 44.4 Å². The summed E-state index contributed by atoms with van der Waals surface area (Å²) in [5, 5.41) is 8.23. The molecule has 53 heavy (non-hydrogen) atoms. The first-order valence-electron chi connectivity index (χ1n) is 17.9. The number of fused-ring (bicyclic) bond motifs is 4. The van der Waals surface area contributed by atoms with Crippen LogP contribution < -0.4 is 5.32 Å². The van der Waals surface area contributed by atoms with Crippen LogP contribution in [0.2, 0.25) is 0 Å². The van der Waals surface area contributed by atoms with Gasteiger partial charge in [-0.25, -0.2) is 9.98 Å². The molecule has 9 aromatic rings. The first-order chi connectivity index (χ1) is 26.3. The van der Waals surface area contributed by atoms with Crippen LogP contribution in [0.5, 0.6) is 0 Å². The molecule has 1 atom stereocenters. The first kappa shape index (κ1) is 30.8. The molecule has 4 heteroatoms. The smallest absolute Gasteiger partial charge is 0.169 e. The highest BCUT2D eigenvalue weighted by molar-refractivity contribution is 6.26. The van der Waals surface area contributed by atoms with Crippen LogP contribution in [0.15, 0.2) is 202 Å². The highest BCUT2D eigenvalue weighted by atomic mass is 16.3. The number of nitrogens with one attached hydrogen (secondary N) is 1. The Balaban J connectivity index is 1.14. The lowest BCUT2D eigenvalue weighted by atomic mass is 9.92. The van der Waals surface area contributed by atoms with Gasteiger partial charge in [-0.2, -0.15) is 0 Å². The van der Waals surface area contributed by atoms with Crippen molar-refractivity contribution in [3.05, 3.63) is 205 Å².